The van der Waals surface area contributed by atoms with Crippen molar-refractivity contribution in [3.8, 4) is 5.75 Å². The summed E-state index contributed by atoms with van der Waals surface area (Å²) in [5, 5.41) is 6.89. The molecule has 4 nitrogen and oxygen atoms in total. The number of hydrazone groups is 1. The fourth-order valence-corrected chi connectivity index (χ4v) is 4.39. The summed E-state index contributed by atoms with van der Waals surface area (Å²) in [6, 6.07) is 32.1. The van der Waals surface area contributed by atoms with Crippen LogP contribution in [0.5, 0.6) is 5.75 Å². The molecule has 0 bridgehead atoms. The predicted octanol–water partition coefficient (Wildman–Crippen LogP) is 7.41. The number of rotatable bonds is 6. The largest absolute Gasteiger partial charge is 0.487 e. The van der Waals surface area contributed by atoms with Crippen molar-refractivity contribution in [2.24, 2.45) is 5.10 Å². The van der Waals surface area contributed by atoms with E-state index in [0.717, 1.165) is 11.1 Å². The van der Waals surface area contributed by atoms with Gasteiger partial charge in [-0.25, -0.2) is 0 Å². The predicted molar refractivity (Wildman–Crippen MR) is 142 cm³/mol. The molecule has 1 aliphatic heterocycles. The van der Waals surface area contributed by atoms with E-state index in [1.54, 1.807) is 18.2 Å². The number of ether oxygens (including phenoxy) is 1. The van der Waals surface area contributed by atoms with E-state index in [9.17, 15) is 4.79 Å². The average molecular weight is 499 g/mol. The SMILES string of the molecule is O=C1/C(=C\c2cc(Cl)cc(Cl)c2OCc2ccccc2)C(c2ccccc2)=NN1c1ccccc1. The number of anilines is 1. The maximum Gasteiger partial charge on any atom is 0.281 e. The van der Waals surface area contributed by atoms with E-state index in [0.29, 0.717) is 44.9 Å². The van der Waals surface area contributed by atoms with Gasteiger partial charge in [0.1, 0.15) is 18.1 Å². The van der Waals surface area contributed by atoms with E-state index < -0.39 is 0 Å². The topological polar surface area (TPSA) is 41.9 Å². The highest BCUT2D eigenvalue weighted by Gasteiger charge is 2.32. The van der Waals surface area contributed by atoms with Gasteiger partial charge >= 0.3 is 0 Å². The molecule has 4 aromatic rings. The smallest absolute Gasteiger partial charge is 0.281 e. The maximum absolute atomic E-state index is 13.6. The van der Waals surface area contributed by atoms with Crippen LogP contribution < -0.4 is 9.75 Å². The highest BCUT2D eigenvalue weighted by atomic mass is 35.5. The van der Waals surface area contributed by atoms with Crippen molar-refractivity contribution in [2.45, 2.75) is 6.61 Å². The van der Waals surface area contributed by atoms with Crippen LogP contribution >= 0.6 is 23.2 Å². The Morgan fingerprint density at radius 1 is 0.829 bits per heavy atom. The van der Waals surface area contributed by atoms with Crippen molar-refractivity contribution >= 4 is 46.6 Å². The molecule has 0 spiro atoms. The molecule has 35 heavy (non-hydrogen) atoms. The molecule has 0 fully saturated rings. The van der Waals surface area contributed by atoms with E-state index in [1.807, 2.05) is 91.0 Å². The molecule has 1 heterocycles. The first-order valence-electron chi connectivity index (χ1n) is 11.0. The molecule has 0 radical (unpaired) electrons. The second-order valence-corrected chi connectivity index (χ2v) is 8.75. The molecule has 0 unspecified atom stereocenters. The van der Waals surface area contributed by atoms with Crippen LogP contribution in [-0.4, -0.2) is 11.6 Å². The Morgan fingerprint density at radius 2 is 1.46 bits per heavy atom. The summed E-state index contributed by atoms with van der Waals surface area (Å²) in [5.41, 5.74) is 4.08. The zero-order valence-corrected chi connectivity index (χ0v) is 20.1. The van der Waals surface area contributed by atoms with Gasteiger partial charge in [-0.05, 0) is 35.9 Å². The zero-order valence-electron chi connectivity index (χ0n) is 18.6. The Bertz CT molecular complexity index is 1420. The van der Waals surface area contributed by atoms with Gasteiger partial charge in [0.25, 0.3) is 5.91 Å². The number of hydrogen-bond acceptors (Lipinski definition) is 3. The van der Waals surface area contributed by atoms with E-state index in [-0.39, 0.29) is 5.91 Å². The molecule has 0 aromatic heterocycles. The van der Waals surface area contributed by atoms with Crippen LogP contribution in [0.4, 0.5) is 5.69 Å². The van der Waals surface area contributed by atoms with E-state index >= 15 is 0 Å². The molecule has 1 aliphatic rings. The highest BCUT2D eigenvalue weighted by molar-refractivity contribution is 6.38. The number of para-hydroxylation sites is 1. The number of amides is 1. The molecule has 0 aliphatic carbocycles. The Labute approximate surface area is 213 Å². The summed E-state index contributed by atoms with van der Waals surface area (Å²) >= 11 is 12.9. The minimum Gasteiger partial charge on any atom is -0.487 e. The minimum atomic E-state index is -0.250. The number of hydrogen-bond donors (Lipinski definition) is 0. The first-order valence-corrected chi connectivity index (χ1v) is 11.8. The quantitative estimate of drug-likeness (QED) is 0.259. The van der Waals surface area contributed by atoms with Gasteiger partial charge in [0.05, 0.1) is 16.3 Å². The third kappa shape index (κ3) is 4.99. The van der Waals surface area contributed by atoms with E-state index in [1.165, 1.54) is 5.01 Å². The monoisotopic (exact) mass is 498 g/mol. The van der Waals surface area contributed by atoms with Crippen LogP contribution in [0.2, 0.25) is 10.0 Å². The molecule has 6 heteroatoms. The standard InChI is InChI=1S/C29H20Cl2N2O2/c30-23-16-22(28(26(31)18-23)35-19-20-10-4-1-5-11-20)17-25-27(21-12-6-2-7-13-21)32-33(29(25)34)24-14-8-3-9-15-24/h1-18H,19H2/b25-17-. The molecule has 0 atom stereocenters. The number of carbonyl (C=O) groups excluding carboxylic acids is 1. The first-order chi connectivity index (χ1) is 17.1. The Kier molecular flexibility index (Phi) is 6.66. The summed E-state index contributed by atoms with van der Waals surface area (Å²) < 4.78 is 6.11. The fourth-order valence-electron chi connectivity index (χ4n) is 3.82. The third-order valence-electron chi connectivity index (χ3n) is 5.49. The highest BCUT2D eigenvalue weighted by Crippen LogP contribution is 2.36. The van der Waals surface area contributed by atoms with Crippen LogP contribution in [-0.2, 0) is 11.4 Å². The lowest BCUT2D eigenvalue weighted by Crippen LogP contribution is -2.21. The first kappa shape index (κ1) is 22.9. The summed E-state index contributed by atoms with van der Waals surface area (Å²) in [5.74, 6) is 0.200. The van der Waals surface area contributed by atoms with Crippen molar-refractivity contribution in [3.05, 3.63) is 135 Å². The van der Waals surface area contributed by atoms with Crippen molar-refractivity contribution in [2.75, 3.05) is 5.01 Å². The molecular formula is C29H20Cl2N2O2. The zero-order chi connectivity index (χ0) is 24.2. The van der Waals surface area contributed by atoms with Crippen molar-refractivity contribution in [1.29, 1.82) is 0 Å². The van der Waals surface area contributed by atoms with Gasteiger partial charge in [0.15, 0.2) is 0 Å². The Morgan fingerprint density at radius 3 is 2.14 bits per heavy atom. The van der Waals surface area contributed by atoms with Gasteiger partial charge in [-0.3, -0.25) is 4.79 Å². The molecular weight excluding hydrogens is 479 g/mol. The van der Waals surface area contributed by atoms with Gasteiger partial charge in [-0.15, -0.1) is 0 Å². The molecule has 0 N–H and O–H groups in total. The molecule has 0 saturated carbocycles. The summed E-state index contributed by atoms with van der Waals surface area (Å²) in [4.78, 5) is 13.6. The molecule has 4 aromatic carbocycles. The summed E-state index contributed by atoms with van der Waals surface area (Å²) in [7, 11) is 0. The number of carbonyl (C=O) groups is 1. The second-order valence-electron chi connectivity index (χ2n) is 7.91. The lowest BCUT2D eigenvalue weighted by molar-refractivity contribution is -0.114. The van der Waals surface area contributed by atoms with Crippen LogP contribution in [0.1, 0.15) is 16.7 Å². The lowest BCUT2D eigenvalue weighted by Gasteiger charge is -2.13. The minimum absolute atomic E-state index is 0.250. The van der Waals surface area contributed by atoms with Gasteiger partial charge in [-0.1, -0.05) is 102 Å². The van der Waals surface area contributed by atoms with Gasteiger partial charge in [-0.2, -0.15) is 10.1 Å². The van der Waals surface area contributed by atoms with Crippen LogP contribution in [0.15, 0.2) is 114 Å². The Balaban J connectivity index is 1.59. The Hall–Kier alpha value is -3.86. The maximum atomic E-state index is 13.6. The number of nitrogens with zero attached hydrogens (tertiary/aromatic N) is 2. The molecule has 1 amide bonds. The number of halogens is 2. The van der Waals surface area contributed by atoms with Gasteiger partial charge in [0, 0.05) is 16.1 Å². The van der Waals surface area contributed by atoms with Crippen molar-refractivity contribution in [3.63, 3.8) is 0 Å². The lowest BCUT2D eigenvalue weighted by atomic mass is 10.00. The van der Waals surface area contributed by atoms with Crippen molar-refractivity contribution < 1.29 is 9.53 Å². The van der Waals surface area contributed by atoms with Crippen molar-refractivity contribution in [1.82, 2.24) is 0 Å². The van der Waals surface area contributed by atoms with E-state index in [4.69, 9.17) is 27.9 Å². The summed E-state index contributed by atoms with van der Waals surface area (Å²) in [6.07, 6.45) is 1.75. The van der Waals surface area contributed by atoms with Crippen LogP contribution in [0, 0.1) is 0 Å². The molecule has 5 rings (SSSR count). The summed E-state index contributed by atoms with van der Waals surface area (Å²) in [6.45, 7) is 0.322. The third-order valence-corrected chi connectivity index (χ3v) is 5.99. The van der Waals surface area contributed by atoms with Crippen LogP contribution in [0.25, 0.3) is 6.08 Å². The normalized spacial score (nSPS) is 14.3. The fraction of sp³-hybridized carbons (Fsp3) is 0.0345. The number of benzene rings is 4. The average Bonchev–Trinajstić information content (AvgIpc) is 3.21. The van der Waals surface area contributed by atoms with Gasteiger partial charge < -0.3 is 4.74 Å². The second kappa shape index (κ2) is 10.2. The molecule has 0 saturated heterocycles. The molecule has 172 valence electrons. The van der Waals surface area contributed by atoms with E-state index in [2.05, 4.69) is 5.10 Å². The van der Waals surface area contributed by atoms with Crippen LogP contribution in [0.3, 0.4) is 0 Å². The van der Waals surface area contributed by atoms with Gasteiger partial charge in [0.2, 0.25) is 0 Å².